The van der Waals surface area contributed by atoms with Gasteiger partial charge in [-0.1, -0.05) is 0 Å². The summed E-state index contributed by atoms with van der Waals surface area (Å²) in [5.74, 6) is -8.95. The van der Waals surface area contributed by atoms with Crippen molar-refractivity contribution in [3.63, 3.8) is 0 Å². The number of hydrogen-bond donors (Lipinski definition) is 1. The summed E-state index contributed by atoms with van der Waals surface area (Å²) in [6, 6.07) is 1.65. The summed E-state index contributed by atoms with van der Waals surface area (Å²) < 4.78 is 54.6. The minimum atomic E-state index is -5.73. The Labute approximate surface area is 124 Å². The number of alkyl halides is 4. The van der Waals surface area contributed by atoms with Gasteiger partial charge in [0.25, 0.3) is 11.6 Å². The van der Waals surface area contributed by atoms with Crippen LogP contribution in [0.2, 0.25) is 0 Å². The van der Waals surface area contributed by atoms with Crippen molar-refractivity contribution in [2.75, 3.05) is 12.4 Å². The maximum Gasteiger partial charge on any atom is 0.458 e. The number of ether oxygens (including phenoxy) is 1. The van der Waals surface area contributed by atoms with E-state index in [1.54, 1.807) is 0 Å². The molecular weight excluding hydrogens is 332 g/mol. The van der Waals surface area contributed by atoms with E-state index >= 15 is 0 Å². The molecule has 0 unspecified atom stereocenters. The Morgan fingerprint density at radius 1 is 1.22 bits per heavy atom. The molecule has 12 heteroatoms. The van der Waals surface area contributed by atoms with E-state index in [0.29, 0.717) is 18.2 Å². The van der Waals surface area contributed by atoms with Crippen LogP contribution in [0, 0.1) is 10.1 Å². The largest absolute Gasteiger partial charge is 0.545 e. The van der Waals surface area contributed by atoms with Crippen molar-refractivity contribution >= 4 is 23.3 Å². The molecule has 0 aromatic heterocycles. The molecule has 1 rings (SSSR count). The fourth-order valence-corrected chi connectivity index (χ4v) is 1.46. The molecule has 1 amide bonds. The third kappa shape index (κ3) is 3.71. The van der Waals surface area contributed by atoms with Crippen LogP contribution in [0.1, 0.15) is 10.4 Å². The second kappa shape index (κ2) is 6.16. The number of nitro groups is 1. The summed E-state index contributed by atoms with van der Waals surface area (Å²) in [4.78, 5) is 31.7. The number of carboxylic acids is 1. The number of non-ortho nitro benzene ring substituents is 1. The predicted molar refractivity (Wildman–Crippen MR) is 63.0 cm³/mol. The van der Waals surface area contributed by atoms with Crippen LogP contribution in [0.15, 0.2) is 18.2 Å². The number of carbonyl (C=O) groups is 2. The molecular formula is C11H7F4N2O6-. The topological polar surface area (TPSA) is 122 Å². The van der Waals surface area contributed by atoms with Crippen LogP contribution in [-0.4, -0.2) is 35.9 Å². The highest BCUT2D eigenvalue weighted by atomic mass is 19.4. The first kappa shape index (κ1) is 18.3. The van der Waals surface area contributed by atoms with Gasteiger partial charge in [0.05, 0.1) is 10.9 Å². The molecule has 0 fully saturated rings. The Morgan fingerprint density at radius 3 is 2.17 bits per heavy atom. The van der Waals surface area contributed by atoms with Gasteiger partial charge >= 0.3 is 12.0 Å². The molecule has 0 spiro atoms. The Balaban J connectivity index is 3.25. The minimum Gasteiger partial charge on any atom is -0.545 e. The van der Waals surface area contributed by atoms with Crippen molar-refractivity contribution in [3.8, 4) is 0 Å². The van der Waals surface area contributed by atoms with Crippen molar-refractivity contribution in [2.24, 2.45) is 0 Å². The van der Waals surface area contributed by atoms with Gasteiger partial charge < -0.3 is 20.0 Å². The third-order valence-corrected chi connectivity index (χ3v) is 2.56. The van der Waals surface area contributed by atoms with Gasteiger partial charge in [-0.15, -0.1) is 0 Å². The fraction of sp³-hybridized carbons (Fsp3) is 0.273. The van der Waals surface area contributed by atoms with Crippen molar-refractivity contribution in [1.82, 2.24) is 0 Å². The number of nitrogens with one attached hydrogen (secondary N) is 1. The SMILES string of the molecule is CO[C@@](F)(C(=O)Nc1cc(C(=O)[O-])cc([N+](=O)[O-])c1)C(F)(F)F. The van der Waals surface area contributed by atoms with Crippen LogP contribution >= 0.6 is 0 Å². The molecule has 0 aliphatic rings. The molecule has 0 bridgehead atoms. The summed E-state index contributed by atoms with van der Waals surface area (Å²) in [6.45, 7) is 0. The monoisotopic (exact) mass is 339 g/mol. The number of carbonyl (C=O) groups excluding carboxylic acids is 2. The van der Waals surface area contributed by atoms with Gasteiger partial charge in [-0.25, -0.2) is 0 Å². The minimum absolute atomic E-state index is 0.285. The zero-order valence-electron chi connectivity index (χ0n) is 11.1. The van der Waals surface area contributed by atoms with E-state index in [1.165, 1.54) is 5.32 Å². The number of carboxylic acid groups (broad SMARTS) is 1. The molecule has 0 aliphatic carbocycles. The molecule has 23 heavy (non-hydrogen) atoms. The zero-order valence-corrected chi connectivity index (χ0v) is 11.1. The summed E-state index contributed by atoms with van der Waals surface area (Å²) >= 11 is 0. The lowest BCUT2D eigenvalue weighted by molar-refractivity contribution is -0.384. The molecule has 8 nitrogen and oxygen atoms in total. The van der Waals surface area contributed by atoms with Gasteiger partial charge in [-0.3, -0.25) is 14.9 Å². The summed E-state index contributed by atoms with van der Waals surface area (Å²) in [5, 5.41) is 22.7. The van der Waals surface area contributed by atoms with Gasteiger partial charge in [0.1, 0.15) is 0 Å². The molecule has 126 valence electrons. The molecule has 0 heterocycles. The first-order chi connectivity index (χ1) is 10.4. The van der Waals surface area contributed by atoms with Crippen LogP contribution in [-0.2, 0) is 9.53 Å². The average Bonchev–Trinajstić information content (AvgIpc) is 2.44. The maximum absolute atomic E-state index is 13.6. The molecule has 0 radical (unpaired) electrons. The molecule has 1 aromatic rings. The van der Waals surface area contributed by atoms with Gasteiger partial charge in [-0.2, -0.15) is 17.6 Å². The van der Waals surface area contributed by atoms with E-state index in [1.807, 2.05) is 0 Å². The first-order valence-corrected chi connectivity index (χ1v) is 5.55. The van der Waals surface area contributed by atoms with E-state index in [4.69, 9.17) is 0 Å². The molecule has 1 N–H and O–H groups in total. The Morgan fingerprint density at radius 2 is 1.78 bits per heavy atom. The van der Waals surface area contributed by atoms with Crippen molar-refractivity contribution < 1.29 is 41.9 Å². The molecule has 0 aliphatic heterocycles. The number of nitro benzene ring substituents is 1. The highest BCUT2D eigenvalue weighted by Gasteiger charge is 2.63. The highest BCUT2D eigenvalue weighted by molar-refractivity contribution is 5.98. The first-order valence-electron chi connectivity index (χ1n) is 5.55. The molecule has 1 atom stereocenters. The summed E-state index contributed by atoms with van der Waals surface area (Å²) in [7, 11) is 0.285. The standard InChI is InChI=1S/C11H8F4N2O6/c1-23-10(12,11(13,14)15)9(20)16-6-2-5(8(18)19)3-7(4-6)17(21)22/h2-4H,1H3,(H,16,20)(H,18,19)/p-1/t10-/m0/s1. The molecule has 1 aromatic carbocycles. The quantitative estimate of drug-likeness (QED) is 0.480. The number of anilines is 1. The van der Waals surface area contributed by atoms with Crippen LogP contribution in [0.3, 0.4) is 0 Å². The number of aromatic carboxylic acids is 1. The smallest absolute Gasteiger partial charge is 0.458 e. The summed E-state index contributed by atoms with van der Waals surface area (Å²) in [6.07, 6.45) is -5.73. The molecule has 0 saturated heterocycles. The third-order valence-electron chi connectivity index (χ3n) is 2.56. The van der Waals surface area contributed by atoms with Crippen LogP contribution < -0.4 is 10.4 Å². The average molecular weight is 339 g/mol. The Kier molecular flexibility index (Phi) is 4.90. The maximum atomic E-state index is 13.6. The normalized spacial score (nSPS) is 14.0. The predicted octanol–water partition coefficient (Wildman–Crippen LogP) is 0.771. The van der Waals surface area contributed by atoms with Crippen LogP contribution in [0.5, 0.6) is 0 Å². The van der Waals surface area contributed by atoms with Crippen LogP contribution in [0.25, 0.3) is 0 Å². The van der Waals surface area contributed by atoms with E-state index < -0.39 is 45.8 Å². The molecule has 0 saturated carbocycles. The number of methoxy groups -OCH3 is 1. The highest BCUT2D eigenvalue weighted by Crippen LogP contribution is 2.36. The summed E-state index contributed by atoms with van der Waals surface area (Å²) in [5.41, 5.74) is -2.43. The van der Waals surface area contributed by atoms with Gasteiger partial charge in [-0.05, 0) is 6.07 Å². The van der Waals surface area contributed by atoms with Gasteiger partial charge in [0, 0.05) is 30.5 Å². The van der Waals surface area contributed by atoms with E-state index in [2.05, 4.69) is 4.74 Å². The number of amides is 1. The lowest BCUT2D eigenvalue weighted by Crippen LogP contribution is -2.52. The Hall–Kier alpha value is -2.76. The number of benzene rings is 1. The van der Waals surface area contributed by atoms with Gasteiger partial charge in [0.15, 0.2) is 0 Å². The van der Waals surface area contributed by atoms with Crippen LogP contribution in [0.4, 0.5) is 28.9 Å². The zero-order chi connectivity index (χ0) is 18.0. The number of nitrogens with zero attached hydrogens (tertiary/aromatic N) is 1. The Bertz CT molecular complexity index is 630. The number of rotatable bonds is 5. The fourth-order valence-electron chi connectivity index (χ4n) is 1.46. The van der Waals surface area contributed by atoms with Crippen molar-refractivity contribution in [3.05, 3.63) is 33.9 Å². The van der Waals surface area contributed by atoms with Crippen molar-refractivity contribution in [2.45, 2.75) is 12.0 Å². The van der Waals surface area contributed by atoms with Gasteiger partial charge in [0.2, 0.25) is 0 Å². The second-order valence-electron chi connectivity index (χ2n) is 4.06. The van der Waals surface area contributed by atoms with E-state index in [-0.39, 0.29) is 7.11 Å². The number of halogens is 4. The van der Waals surface area contributed by atoms with E-state index in [9.17, 15) is 42.4 Å². The van der Waals surface area contributed by atoms with E-state index in [0.717, 1.165) is 0 Å². The van der Waals surface area contributed by atoms with Crippen molar-refractivity contribution in [1.29, 1.82) is 0 Å². The lowest BCUT2D eigenvalue weighted by atomic mass is 10.1. The number of hydrogen-bond acceptors (Lipinski definition) is 6. The second-order valence-corrected chi connectivity index (χ2v) is 4.06. The lowest BCUT2D eigenvalue weighted by Gasteiger charge is -2.24.